The molecule has 154 valence electrons. The van der Waals surface area contributed by atoms with Crippen LogP contribution in [-0.2, 0) is 0 Å². The van der Waals surface area contributed by atoms with E-state index in [1.807, 2.05) is 39.0 Å². The lowest BCUT2D eigenvalue weighted by Crippen LogP contribution is -2.30. The maximum Gasteiger partial charge on any atom is 0.253 e. The van der Waals surface area contributed by atoms with E-state index in [0.29, 0.717) is 35.9 Å². The van der Waals surface area contributed by atoms with Crippen LogP contribution in [0.1, 0.15) is 40.1 Å². The average Bonchev–Trinajstić information content (AvgIpc) is 2.75. The predicted octanol–water partition coefficient (Wildman–Crippen LogP) is 3.78. The lowest BCUT2D eigenvalue weighted by atomic mass is 9.99. The standard InChI is InChI=1S/C23H25N5O2/c1-4-28(5-2)22(30)16-9-11-17(12-10-16)26-23-25-14-13-20(27-23)18-7-6-8-19(15(18)3)21(24)29/h6-14H,4-5H2,1-3H3,(H2,24,29)(H,25,26,27). The largest absolute Gasteiger partial charge is 0.366 e. The van der Waals surface area contributed by atoms with Crippen LogP contribution in [0.15, 0.2) is 54.7 Å². The third-order valence-electron chi connectivity index (χ3n) is 4.97. The van der Waals surface area contributed by atoms with Crippen molar-refractivity contribution in [1.29, 1.82) is 0 Å². The molecular weight excluding hydrogens is 378 g/mol. The van der Waals surface area contributed by atoms with Gasteiger partial charge in [-0.05, 0) is 62.7 Å². The molecule has 7 nitrogen and oxygen atoms in total. The number of carbonyl (C=O) groups is 2. The van der Waals surface area contributed by atoms with Crippen LogP contribution in [-0.4, -0.2) is 39.8 Å². The minimum atomic E-state index is -0.471. The van der Waals surface area contributed by atoms with Gasteiger partial charge in [-0.25, -0.2) is 9.97 Å². The molecule has 1 aromatic heterocycles. The van der Waals surface area contributed by atoms with Crippen molar-refractivity contribution >= 4 is 23.5 Å². The van der Waals surface area contributed by atoms with Gasteiger partial charge >= 0.3 is 0 Å². The van der Waals surface area contributed by atoms with Crippen molar-refractivity contribution in [2.75, 3.05) is 18.4 Å². The van der Waals surface area contributed by atoms with Gasteiger partial charge in [0, 0.05) is 41.7 Å². The smallest absolute Gasteiger partial charge is 0.253 e. The van der Waals surface area contributed by atoms with Crippen LogP contribution in [0, 0.1) is 6.92 Å². The molecule has 2 aromatic carbocycles. The number of primary amides is 1. The lowest BCUT2D eigenvalue weighted by Gasteiger charge is -2.18. The molecule has 1 heterocycles. The zero-order valence-corrected chi connectivity index (χ0v) is 17.3. The zero-order valence-electron chi connectivity index (χ0n) is 17.3. The molecule has 0 radical (unpaired) electrons. The number of nitrogens with two attached hydrogens (primary N) is 1. The summed E-state index contributed by atoms with van der Waals surface area (Å²) < 4.78 is 0. The van der Waals surface area contributed by atoms with E-state index in [4.69, 9.17) is 5.73 Å². The van der Waals surface area contributed by atoms with Gasteiger partial charge in [0.05, 0.1) is 5.69 Å². The number of nitrogens with zero attached hydrogens (tertiary/aromatic N) is 3. The molecule has 30 heavy (non-hydrogen) atoms. The van der Waals surface area contributed by atoms with Gasteiger partial charge in [-0.15, -0.1) is 0 Å². The van der Waals surface area contributed by atoms with Gasteiger partial charge in [0.15, 0.2) is 0 Å². The maximum absolute atomic E-state index is 12.4. The fourth-order valence-corrected chi connectivity index (χ4v) is 3.27. The van der Waals surface area contributed by atoms with Crippen molar-refractivity contribution in [2.45, 2.75) is 20.8 Å². The maximum atomic E-state index is 12.4. The van der Waals surface area contributed by atoms with Crippen molar-refractivity contribution in [3.05, 3.63) is 71.4 Å². The first-order valence-electron chi connectivity index (χ1n) is 9.83. The molecule has 3 aromatic rings. The molecule has 0 bridgehead atoms. The predicted molar refractivity (Wildman–Crippen MR) is 118 cm³/mol. The van der Waals surface area contributed by atoms with E-state index in [0.717, 1.165) is 16.8 Å². The number of hydrogen-bond acceptors (Lipinski definition) is 5. The summed E-state index contributed by atoms with van der Waals surface area (Å²) in [5.74, 6) is -0.0464. The second-order valence-corrected chi connectivity index (χ2v) is 6.79. The molecule has 0 aliphatic heterocycles. The van der Waals surface area contributed by atoms with E-state index >= 15 is 0 Å². The molecule has 0 aliphatic rings. The number of carbonyl (C=O) groups excluding carboxylic acids is 2. The molecule has 0 unspecified atom stereocenters. The minimum absolute atomic E-state index is 0.00889. The average molecular weight is 403 g/mol. The number of rotatable bonds is 7. The Balaban J connectivity index is 1.82. The number of hydrogen-bond donors (Lipinski definition) is 2. The molecule has 3 rings (SSSR count). The van der Waals surface area contributed by atoms with Gasteiger partial charge in [-0.2, -0.15) is 0 Å². The first-order chi connectivity index (χ1) is 14.4. The van der Waals surface area contributed by atoms with Crippen molar-refractivity contribution in [2.24, 2.45) is 5.73 Å². The Labute approximate surface area is 176 Å². The highest BCUT2D eigenvalue weighted by molar-refractivity contribution is 5.96. The van der Waals surface area contributed by atoms with Crippen molar-refractivity contribution in [1.82, 2.24) is 14.9 Å². The third kappa shape index (κ3) is 4.46. The first kappa shape index (κ1) is 21.0. The van der Waals surface area contributed by atoms with Crippen LogP contribution in [0.4, 0.5) is 11.6 Å². The monoisotopic (exact) mass is 403 g/mol. The summed E-state index contributed by atoms with van der Waals surface area (Å²) in [5, 5.41) is 3.16. The summed E-state index contributed by atoms with van der Waals surface area (Å²) in [4.78, 5) is 34.7. The van der Waals surface area contributed by atoms with Gasteiger partial charge in [-0.1, -0.05) is 12.1 Å². The molecule has 0 aliphatic carbocycles. The number of anilines is 2. The van der Waals surface area contributed by atoms with Gasteiger partial charge in [0.2, 0.25) is 11.9 Å². The molecule has 0 atom stereocenters. The number of amides is 2. The summed E-state index contributed by atoms with van der Waals surface area (Å²) >= 11 is 0. The summed E-state index contributed by atoms with van der Waals surface area (Å²) in [6, 6.07) is 14.4. The molecule has 2 amide bonds. The summed E-state index contributed by atoms with van der Waals surface area (Å²) in [5.41, 5.74) is 9.60. The van der Waals surface area contributed by atoms with Gasteiger partial charge in [0.25, 0.3) is 5.91 Å². The minimum Gasteiger partial charge on any atom is -0.366 e. The fraction of sp³-hybridized carbons (Fsp3) is 0.217. The SMILES string of the molecule is CCN(CC)C(=O)c1ccc(Nc2nccc(-c3cccc(C(N)=O)c3C)n2)cc1. The van der Waals surface area contributed by atoms with Crippen LogP contribution < -0.4 is 11.1 Å². The molecule has 7 heteroatoms. The number of nitrogens with one attached hydrogen (secondary N) is 1. The van der Waals surface area contributed by atoms with E-state index in [2.05, 4.69) is 15.3 Å². The molecule has 0 fully saturated rings. The number of aromatic nitrogens is 2. The van der Waals surface area contributed by atoms with E-state index < -0.39 is 5.91 Å². The van der Waals surface area contributed by atoms with Crippen molar-refractivity contribution < 1.29 is 9.59 Å². The Bertz CT molecular complexity index is 1060. The Morgan fingerprint density at radius 3 is 2.37 bits per heavy atom. The quantitative estimate of drug-likeness (QED) is 0.625. The first-order valence-corrected chi connectivity index (χ1v) is 9.83. The van der Waals surface area contributed by atoms with Crippen LogP contribution in [0.5, 0.6) is 0 Å². The van der Waals surface area contributed by atoms with E-state index in [9.17, 15) is 9.59 Å². The van der Waals surface area contributed by atoms with Crippen LogP contribution in [0.2, 0.25) is 0 Å². The highest BCUT2D eigenvalue weighted by atomic mass is 16.2. The van der Waals surface area contributed by atoms with E-state index in [-0.39, 0.29) is 5.91 Å². The van der Waals surface area contributed by atoms with Crippen LogP contribution in [0.25, 0.3) is 11.3 Å². The second-order valence-electron chi connectivity index (χ2n) is 6.79. The zero-order chi connectivity index (χ0) is 21.7. The van der Waals surface area contributed by atoms with Crippen molar-refractivity contribution in [3.63, 3.8) is 0 Å². The Kier molecular flexibility index (Phi) is 6.41. The van der Waals surface area contributed by atoms with Gasteiger partial charge in [0.1, 0.15) is 0 Å². The summed E-state index contributed by atoms with van der Waals surface area (Å²) in [7, 11) is 0. The van der Waals surface area contributed by atoms with E-state index in [1.165, 1.54) is 0 Å². The van der Waals surface area contributed by atoms with Crippen molar-refractivity contribution in [3.8, 4) is 11.3 Å². The molecule has 0 saturated carbocycles. The van der Waals surface area contributed by atoms with Crippen LogP contribution in [0.3, 0.4) is 0 Å². The normalized spacial score (nSPS) is 10.5. The Hall–Kier alpha value is -3.74. The molecular formula is C23H25N5O2. The van der Waals surface area contributed by atoms with Crippen LogP contribution >= 0.6 is 0 Å². The highest BCUT2D eigenvalue weighted by Gasteiger charge is 2.13. The molecule has 3 N–H and O–H groups in total. The van der Waals surface area contributed by atoms with Gasteiger partial charge < -0.3 is 16.0 Å². The third-order valence-corrected chi connectivity index (χ3v) is 4.97. The Morgan fingerprint density at radius 1 is 1.03 bits per heavy atom. The summed E-state index contributed by atoms with van der Waals surface area (Å²) in [6.45, 7) is 7.11. The fourth-order valence-electron chi connectivity index (χ4n) is 3.27. The van der Waals surface area contributed by atoms with Gasteiger partial charge in [-0.3, -0.25) is 9.59 Å². The lowest BCUT2D eigenvalue weighted by molar-refractivity contribution is 0.0772. The van der Waals surface area contributed by atoms with E-state index in [1.54, 1.807) is 41.4 Å². The highest BCUT2D eigenvalue weighted by Crippen LogP contribution is 2.25. The molecule has 0 saturated heterocycles. The Morgan fingerprint density at radius 2 is 1.73 bits per heavy atom. The summed E-state index contributed by atoms with van der Waals surface area (Å²) in [6.07, 6.45) is 1.65. The number of benzene rings is 2. The second kappa shape index (κ2) is 9.17. The molecule has 0 spiro atoms. The topological polar surface area (TPSA) is 101 Å².